The van der Waals surface area contributed by atoms with E-state index in [9.17, 15) is 5.11 Å². The fourth-order valence-corrected chi connectivity index (χ4v) is 2.56. The predicted octanol–water partition coefficient (Wildman–Crippen LogP) is 3.86. The van der Waals surface area contributed by atoms with E-state index in [1.807, 2.05) is 24.3 Å². The Kier molecular flexibility index (Phi) is 4.80. The number of hydrogen-bond donors (Lipinski definition) is 1. The summed E-state index contributed by atoms with van der Waals surface area (Å²) in [4.78, 5) is 2.20. The minimum Gasteiger partial charge on any atom is -0.387 e. The number of aliphatic hydroxyl groups excluding tert-OH is 1. The molecule has 0 aliphatic heterocycles. The molecule has 0 aliphatic rings. The van der Waals surface area contributed by atoms with Crippen molar-refractivity contribution in [1.82, 2.24) is 0 Å². The van der Waals surface area contributed by atoms with Gasteiger partial charge in [0.15, 0.2) is 0 Å². The summed E-state index contributed by atoms with van der Waals surface area (Å²) in [6.45, 7) is 7.74. The Morgan fingerprint density at radius 2 is 1.75 bits per heavy atom. The van der Waals surface area contributed by atoms with Crippen LogP contribution >= 0.6 is 0 Å². The number of nitrogens with zero attached hydrogens (tertiary/aromatic N) is 1. The van der Waals surface area contributed by atoms with Crippen LogP contribution in [0.3, 0.4) is 0 Å². The van der Waals surface area contributed by atoms with Crippen LogP contribution < -0.4 is 4.90 Å². The van der Waals surface area contributed by atoms with Gasteiger partial charge >= 0.3 is 0 Å². The van der Waals surface area contributed by atoms with Gasteiger partial charge < -0.3 is 10.0 Å². The van der Waals surface area contributed by atoms with Gasteiger partial charge in [0, 0.05) is 18.8 Å². The van der Waals surface area contributed by atoms with E-state index in [1.54, 1.807) is 0 Å². The second kappa shape index (κ2) is 6.58. The predicted molar refractivity (Wildman–Crippen MR) is 85.2 cm³/mol. The third-order valence-electron chi connectivity index (χ3n) is 3.68. The summed E-state index contributed by atoms with van der Waals surface area (Å²) in [5.74, 6) is 0. The first-order valence-corrected chi connectivity index (χ1v) is 7.17. The molecule has 2 aromatic rings. The molecule has 106 valence electrons. The molecule has 2 heteroatoms. The molecule has 2 nitrogen and oxygen atoms in total. The number of para-hydroxylation sites is 1. The highest BCUT2D eigenvalue weighted by Crippen LogP contribution is 2.22. The summed E-state index contributed by atoms with van der Waals surface area (Å²) >= 11 is 0. The minimum atomic E-state index is -0.462. The molecule has 0 fully saturated rings. The maximum Gasteiger partial charge on any atom is 0.0967 e. The molecule has 2 aromatic carbocycles. The second-order valence-electron chi connectivity index (χ2n) is 5.25. The standard InChI is InChI=1S/C18H23NO/c1-4-19(16-8-6-5-7-9-16)13-18(20)17-11-10-14(2)12-15(17)3/h5-12,18,20H,4,13H2,1-3H3. The van der Waals surface area contributed by atoms with Crippen LogP contribution in [0.1, 0.15) is 29.7 Å². The zero-order valence-electron chi connectivity index (χ0n) is 12.5. The van der Waals surface area contributed by atoms with Crippen molar-refractivity contribution >= 4 is 5.69 Å². The highest BCUT2D eigenvalue weighted by atomic mass is 16.3. The van der Waals surface area contributed by atoms with Crippen LogP contribution in [0.4, 0.5) is 5.69 Å². The van der Waals surface area contributed by atoms with Crippen molar-refractivity contribution in [2.24, 2.45) is 0 Å². The van der Waals surface area contributed by atoms with Crippen molar-refractivity contribution in [1.29, 1.82) is 0 Å². The smallest absolute Gasteiger partial charge is 0.0967 e. The molecule has 1 atom stereocenters. The van der Waals surface area contributed by atoms with E-state index < -0.39 is 6.10 Å². The first-order chi connectivity index (χ1) is 9.61. The molecule has 0 aromatic heterocycles. The van der Waals surface area contributed by atoms with E-state index in [1.165, 1.54) is 5.56 Å². The molecule has 0 aliphatic carbocycles. The Labute approximate surface area is 121 Å². The van der Waals surface area contributed by atoms with E-state index in [2.05, 4.69) is 49.9 Å². The Bertz CT molecular complexity index is 551. The van der Waals surface area contributed by atoms with Gasteiger partial charge in [0.25, 0.3) is 0 Å². The van der Waals surface area contributed by atoms with Crippen LogP contribution in [0.15, 0.2) is 48.5 Å². The second-order valence-corrected chi connectivity index (χ2v) is 5.25. The zero-order valence-corrected chi connectivity index (χ0v) is 12.5. The molecule has 0 radical (unpaired) electrons. The van der Waals surface area contributed by atoms with Crippen molar-refractivity contribution in [3.8, 4) is 0 Å². The Morgan fingerprint density at radius 1 is 1.05 bits per heavy atom. The van der Waals surface area contributed by atoms with Gasteiger partial charge in [0.05, 0.1) is 6.10 Å². The number of hydrogen-bond acceptors (Lipinski definition) is 2. The molecule has 0 saturated carbocycles. The molecule has 1 unspecified atom stereocenters. The van der Waals surface area contributed by atoms with Gasteiger partial charge in [-0.15, -0.1) is 0 Å². The number of aryl methyl sites for hydroxylation is 2. The molecule has 0 spiro atoms. The average molecular weight is 269 g/mol. The van der Waals surface area contributed by atoms with Gasteiger partial charge in [0.2, 0.25) is 0 Å². The van der Waals surface area contributed by atoms with E-state index in [-0.39, 0.29) is 0 Å². The zero-order chi connectivity index (χ0) is 14.5. The van der Waals surface area contributed by atoms with Crippen molar-refractivity contribution in [3.05, 3.63) is 65.2 Å². The van der Waals surface area contributed by atoms with E-state index >= 15 is 0 Å². The lowest BCUT2D eigenvalue weighted by molar-refractivity contribution is 0.183. The van der Waals surface area contributed by atoms with Crippen molar-refractivity contribution < 1.29 is 5.11 Å². The fourth-order valence-electron chi connectivity index (χ4n) is 2.56. The first-order valence-electron chi connectivity index (χ1n) is 7.17. The largest absolute Gasteiger partial charge is 0.387 e. The van der Waals surface area contributed by atoms with Crippen LogP contribution in [0.5, 0.6) is 0 Å². The van der Waals surface area contributed by atoms with Gasteiger partial charge in [-0.1, -0.05) is 42.0 Å². The summed E-state index contributed by atoms with van der Waals surface area (Å²) in [5.41, 5.74) is 4.55. The Balaban J connectivity index is 2.15. The summed E-state index contributed by atoms with van der Waals surface area (Å²) in [7, 11) is 0. The maximum atomic E-state index is 10.5. The average Bonchev–Trinajstić information content (AvgIpc) is 2.45. The van der Waals surface area contributed by atoms with Gasteiger partial charge in [-0.3, -0.25) is 0 Å². The molecule has 20 heavy (non-hydrogen) atoms. The summed E-state index contributed by atoms with van der Waals surface area (Å²) in [6, 6.07) is 16.5. The molecule has 1 N–H and O–H groups in total. The SMILES string of the molecule is CCN(CC(O)c1ccc(C)cc1C)c1ccccc1. The molecule has 0 saturated heterocycles. The topological polar surface area (TPSA) is 23.5 Å². The summed E-state index contributed by atoms with van der Waals surface area (Å²) in [5, 5.41) is 10.5. The fraction of sp³-hybridized carbons (Fsp3) is 0.333. The number of rotatable bonds is 5. The minimum absolute atomic E-state index is 0.462. The van der Waals surface area contributed by atoms with Crippen LogP contribution in [0, 0.1) is 13.8 Å². The van der Waals surface area contributed by atoms with Crippen LogP contribution in [0.2, 0.25) is 0 Å². The number of likely N-dealkylation sites (N-methyl/N-ethyl adjacent to an activating group) is 1. The summed E-state index contributed by atoms with van der Waals surface area (Å²) in [6.07, 6.45) is -0.462. The molecule has 2 rings (SSSR count). The quantitative estimate of drug-likeness (QED) is 0.891. The van der Waals surface area contributed by atoms with Gasteiger partial charge in [0.1, 0.15) is 0 Å². The highest BCUT2D eigenvalue weighted by Gasteiger charge is 2.14. The highest BCUT2D eigenvalue weighted by molar-refractivity contribution is 5.46. The molecule has 0 bridgehead atoms. The van der Waals surface area contributed by atoms with Gasteiger partial charge in [-0.25, -0.2) is 0 Å². The monoisotopic (exact) mass is 269 g/mol. The van der Waals surface area contributed by atoms with E-state index in [0.29, 0.717) is 6.54 Å². The lowest BCUT2D eigenvalue weighted by Crippen LogP contribution is -2.28. The molecule has 0 amide bonds. The van der Waals surface area contributed by atoms with E-state index in [0.717, 1.165) is 23.4 Å². The van der Waals surface area contributed by atoms with Crippen LogP contribution in [-0.2, 0) is 0 Å². The lowest BCUT2D eigenvalue weighted by atomic mass is 10.0. The first kappa shape index (κ1) is 14.6. The maximum absolute atomic E-state index is 10.5. The Morgan fingerprint density at radius 3 is 2.35 bits per heavy atom. The third-order valence-corrected chi connectivity index (χ3v) is 3.68. The van der Waals surface area contributed by atoms with E-state index in [4.69, 9.17) is 0 Å². The molecular formula is C18H23NO. The Hall–Kier alpha value is -1.80. The van der Waals surface area contributed by atoms with Gasteiger partial charge in [-0.2, -0.15) is 0 Å². The van der Waals surface area contributed by atoms with Crippen molar-refractivity contribution in [3.63, 3.8) is 0 Å². The van der Waals surface area contributed by atoms with Crippen molar-refractivity contribution in [2.45, 2.75) is 26.9 Å². The normalized spacial score (nSPS) is 12.2. The van der Waals surface area contributed by atoms with Crippen molar-refractivity contribution in [2.75, 3.05) is 18.0 Å². The number of aliphatic hydroxyl groups is 1. The number of benzene rings is 2. The third kappa shape index (κ3) is 3.40. The van der Waals surface area contributed by atoms with Crippen LogP contribution in [-0.4, -0.2) is 18.2 Å². The van der Waals surface area contributed by atoms with Gasteiger partial charge in [-0.05, 0) is 44.0 Å². The summed E-state index contributed by atoms with van der Waals surface area (Å²) < 4.78 is 0. The van der Waals surface area contributed by atoms with Crippen LogP contribution in [0.25, 0.3) is 0 Å². The molecular weight excluding hydrogens is 246 g/mol. The lowest BCUT2D eigenvalue weighted by Gasteiger charge is -2.26. The number of anilines is 1. The molecule has 0 heterocycles.